The van der Waals surface area contributed by atoms with Gasteiger partial charge in [-0.1, -0.05) is 32.9 Å². The lowest BCUT2D eigenvalue weighted by atomic mass is 10.2. The minimum absolute atomic E-state index is 0.224. The van der Waals surface area contributed by atoms with Crippen molar-refractivity contribution in [3.8, 4) is 0 Å². The molecule has 0 aromatic carbocycles. The normalized spacial score (nSPS) is 12.3. The van der Waals surface area contributed by atoms with Crippen molar-refractivity contribution in [3.05, 3.63) is 12.2 Å². The van der Waals surface area contributed by atoms with Crippen LogP contribution >= 0.6 is 0 Å². The molecule has 0 aliphatic heterocycles. The molecule has 0 saturated carbocycles. The van der Waals surface area contributed by atoms with Gasteiger partial charge in [0.05, 0.1) is 13.2 Å². The number of rotatable bonds is 7. The highest BCUT2D eigenvalue weighted by Crippen LogP contribution is 2.36. The number of carbonyl (C=O) groups is 1. The fourth-order valence-electron chi connectivity index (χ4n) is 1.11. The number of esters is 1. The van der Waals surface area contributed by atoms with E-state index in [-0.39, 0.29) is 11.0 Å². The van der Waals surface area contributed by atoms with Gasteiger partial charge in [0.25, 0.3) is 0 Å². The van der Waals surface area contributed by atoms with E-state index in [4.69, 9.17) is 9.16 Å². The Balaban J connectivity index is 3.87. The average Bonchev–Trinajstić information content (AvgIpc) is 2.19. The quantitative estimate of drug-likeness (QED) is 0.305. The maximum atomic E-state index is 10.6. The van der Waals surface area contributed by atoms with Crippen LogP contribution in [0.3, 0.4) is 0 Å². The van der Waals surface area contributed by atoms with E-state index in [0.717, 1.165) is 18.4 Å². The predicted octanol–water partition coefficient (Wildman–Crippen LogP) is 3.91. The summed E-state index contributed by atoms with van der Waals surface area (Å²) in [6.45, 7) is 17.7. The Bertz CT molecular complexity index is 290. The van der Waals surface area contributed by atoms with Gasteiger partial charge in [0, 0.05) is 6.92 Å². The monoisotopic (exact) mass is 272 g/mol. The molecule has 0 atom stereocenters. The van der Waals surface area contributed by atoms with Gasteiger partial charge in [-0.3, -0.25) is 4.79 Å². The molecule has 0 amide bonds. The van der Waals surface area contributed by atoms with Gasteiger partial charge in [0.2, 0.25) is 0 Å². The molecular weight excluding hydrogens is 244 g/mol. The lowest BCUT2D eigenvalue weighted by molar-refractivity contribution is -0.141. The van der Waals surface area contributed by atoms with Crippen molar-refractivity contribution in [2.45, 2.75) is 58.7 Å². The Morgan fingerprint density at radius 3 is 2.28 bits per heavy atom. The van der Waals surface area contributed by atoms with E-state index in [1.807, 2.05) is 0 Å². The third-order valence-corrected chi connectivity index (χ3v) is 7.90. The van der Waals surface area contributed by atoms with Gasteiger partial charge in [-0.15, -0.1) is 0 Å². The fourth-order valence-corrected chi connectivity index (χ4v) is 2.11. The Morgan fingerprint density at radius 2 is 1.83 bits per heavy atom. The Morgan fingerprint density at radius 1 is 1.28 bits per heavy atom. The van der Waals surface area contributed by atoms with Crippen molar-refractivity contribution < 1.29 is 14.0 Å². The van der Waals surface area contributed by atoms with Crippen molar-refractivity contribution in [1.29, 1.82) is 0 Å². The number of hydrogen-bond acceptors (Lipinski definition) is 3. The first-order valence-electron chi connectivity index (χ1n) is 6.50. The van der Waals surface area contributed by atoms with Gasteiger partial charge < -0.3 is 9.16 Å². The summed E-state index contributed by atoms with van der Waals surface area (Å²) in [7, 11) is -1.68. The zero-order valence-corrected chi connectivity index (χ0v) is 13.8. The maximum Gasteiger partial charge on any atom is 0.302 e. The molecule has 4 heteroatoms. The molecule has 106 valence electrons. The molecule has 18 heavy (non-hydrogen) atoms. The first kappa shape index (κ1) is 17.4. The first-order chi connectivity index (χ1) is 8.06. The highest BCUT2D eigenvalue weighted by atomic mass is 28.4. The van der Waals surface area contributed by atoms with Crippen LogP contribution in [0.5, 0.6) is 0 Å². The van der Waals surface area contributed by atoms with Crippen LogP contribution in [0.4, 0.5) is 0 Å². The minimum atomic E-state index is -1.68. The summed E-state index contributed by atoms with van der Waals surface area (Å²) < 4.78 is 10.9. The molecule has 0 fully saturated rings. The predicted molar refractivity (Wildman–Crippen MR) is 78.2 cm³/mol. The van der Waals surface area contributed by atoms with Crippen molar-refractivity contribution in [3.63, 3.8) is 0 Å². The van der Waals surface area contributed by atoms with E-state index in [1.54, 1.807) is 0 Å². The summed E-state index contributed by atoms with van der Waals surface area (Å²) in [6, 6.07) is 0. The van der Waals surface area contributed by atoms with Crippen LogP contribution in [0.15, 0.2) is 12.2 Å². The van der Waals surface area contributed by atoms with E-state index in [1.165, 1.54) is 6.92 Å². The highest BCUT2D eigenvalue weighted by molar-refractivity contribution is 6.74. The fraction of sp³-hybridized carbons (Fsp3) is 0.786. The van der Waals surface area contributed by atoms with Crippen LogP contribution < -0.4 is 0 Å². The van der Waals surface area contributed by atoms with Crippen LogP contribution in [0, 0.1) is 0 Å². The van der Waals surface area contributed by atoms with Crippen LogP contribution in [-0.4, -0.2) is 27.5 Å². The van der Waals surface area contributed by atoms with E-state index >= 15 is 0 Å². The Labute approximate surface area is 113 Å². The molecule has 0 rings (SSSR count). The van der Waals surface area contributed by atoms with E-state index in [0.29, 0.717) is 13.2 Å². The lowest BCUT2D eigenvalue weighted by Crippen LogP contribution is -2.41. The zero-order chi connectivity index (χ0) is 14.4. The lowest BCUT2D eigenvalue weighted by Gasteiger charge is -2.36. The summed E-state index contributed by atoms with van der Waals surface area (Å²) in [5.74, 6) is -0.224. The van der Waals surface area contributed by atoms with E-state index < -0.39 is 8.32 Å². The average molecular weight is 272 g/mol. The Kier molecular flexibility index (Phi) is 6.85. The number of hydrogen-bond donors (Lipinski definition) is 0. The Hall–Kier alpha value is -0.613. The SMILES string of the molecule is C=C(CCCOC(C)=O)CO[Si](C)(C)C(C)(C)C. The first-order valence-corrected chi connectivity index (χ1v) is 9.41. The molecule has 0 aliphatic carbocycles. The van der Waals surface area contributed by atoms with Crippen LogP contribution in [0.2, 0.25) is 18.1 Å². The standard InChI is InChI=1S/C14H28O3Si/c1-12(9-8-10-16-13(2)15)11-17-18(6,7)14(3,4)5/h1,8-11H2,2-7H3. The molecule has 0 unspecified atom stereocenters. The van der Waals surface area contributed by atoms with Crippen molar-refractivity contribution in [2.24, 2.45) is 0 Å². The molecule has 3 nitrogen and oxygen atoms in total. The molecule has 0 bridgehead atoms. The molecular formula is C14H28O3Si. The summed E-state index contributed by atoms with van der Waals surface area (Å²) in [5.41, 5.74) is 1.08. The molecule has 0 spiro atoms. The van der Waals surface area contributed by atoms with Crippen molar-refractivity contribution in [1.82, 2.24) is 0 Å². The van der Waals surface area contributed by atoms with Crippen LogP contribution in [0.1, 0.15) is 40.5 Å². The largest absolute Gasteiger partial charge is 0.466 e. The third kappa shape index (κ3) is 6.96. The minimum Gasteiger partial charge on any atom is -0.466 e. The van der Waals surface area contributed by atoms with E-state index in [2.05, 4.69) is 40.4 Å². The molecule has 0 aromatic heterocycles. The second-order valence-electron chi connectivity index (χ2n) is 6.24. The second kappa shape index (κ2) is 7.09. The molecule has 0 aromatic rings. The van der Waals surface area contributed by atoms with Gasteiger partial charge in [0.1, 0.15) is 0 Å². The summed E-state index contributed by atoms with van der Waals surface area (Å²) in [6.07, 6.45) is 1.67. The highest BCUT2D eigenvalue weighted by Gasteiger charge is 2.36. The zero-order valence-electron chi connectivity index (χ0n) is 12.8. The topological polar surface area (TPSA) is 35.5 Å². The summed E-state index contributed by atoms with van der Waals surface area (Å²) in [4.78, 5) is 10.6. The van der Waals surface area contributed by atoms with Gasteiger partial charge >= 0.3 is 5.97 Å². The molecule has 0 aliphatic rings. The third-order valence-electron chi connectivity index (χ3n) is 3.42. The van der Waals surface area contributed by atoms with Crippen molar-refractivity contribution >= 4 is 14.3 Å². The number of ether oxygens (including phenoxy) is 1. The second-order valence-corrected chi connectivity index (χ2v) is 11.1. The van der Waals surface area contributed by atoms with Crippen molar-refractivity contribution in [2.75, 3.05) is 13.2 Å². The van der Waals surface area contributed by atoms with Gasteiger partial charge in [-0.05, 0) is 31.0 Å². The number of carbonyl (C=O) groups excluding carboxylic acids is 1. The van der Waals surface area contributed by atoms with Crippen LogP contribution in [-0.2, 0) is 14.0 Å². The smallest absolute Gasteiger partial charge is 0.302 e. The van der Waals surface area contributed by atoms with Crippen LogP contribution in [0.25, 0.3) is 0 Å². The molecule has 0 radical (unpaired) electrons. The molecule has 0 heterocycles. The summed E-state index contributed by atoms with van der Waals surface area (Å²) >= 11 is 0. The molecule has 0 N–H and O–H groups in total. The van der Waals surface area contributed by atoms with Gasteiger partial charge in [-0.25, -0.2) is 0 Å². The van der Waals surface area contributed by atoms with Gasteiger partial charge in [-0.2, -0.15) is 0 Å². The maximum absolute atomic E-state index is 10.6. The summed E-state index contributed by atoms with van der Waals surface area (Å²) in [5, 5.41) is 0.227. The van der Waals surface area contributed by atoms with Gasteiger partial charge in [0.15, 0.2) is 8.32 Å². The van der Waals surface area contributed by atoms with E-state index in [9.17, 15) is 4.79 Å². The molecule has 0 saturated heterocycles.